The third-order valence-electron chi connectivity index (χ3n) is 3.84. The molecule has 1 aromatic heterocycles. The molecular weight excluding hydrogens is 304 g/mol. The van der Waals surface area contributed by atoms with Crippen LogP contribution >= 0.6 is 11.3 Å². The van der Waals surface area contributed by atoms with Gasteiger partial charge in [-0.3, -0.25) is 4.79 Å². The molecule has 0 saturated heterocycles. The monoisotopic (exact) mass is 324 g/mol. The van der Waals surface area contributed by atoms with Gasteiger partial charge >= 0.3 is 0 Å². The zero-order chi connectivity index (χ0) is 16.2. The highest BCUT2D eigenvalue weighted by Crippen LogP contribution is 2.31. The lowest BCUT2D eigenvalue weighted by atomic mass is 10.1. The van der Waals surface area contributed by atoms with Gasteiger partial charge in [-0.1, -0.05) is 44.5 Å². The van der Waals surface area contributed by atoms with Gasteiger partial charge in [-0.2, -0.15) is 0 Å². The van der Waals surface area contributed by atoms with Crippen molar-refractivity contribution in [3.05, 3.63) is 48.5 Å². The van der Waals surface area contributed by atoms with Crippen LogP contribution < -0.4 is 5.32 Å². The zero-order valence-electron chi connectivity index (χ0n) is 13.4. The number of carbonyl (C=O) groups excluding carboxylic acids is 1. The molecule has 0 bridgehead atoms. The molecule has 0 saturated carbocycles. The van der Waals surface area contributed by atoms with Gasteiger partial charge < -0.3 is 5.32 Å². The molecule has 1 N–H and O–H groups in total. The van der Waals surface area contributed by atoms with Crippen molar-refractivity contribution in [3.63, 3.8) is 0 Å². The van der Waals surface area contributed by atoms with Crippen molar-refractivity contribution < 1.29 is 4.79 Å². The van der Waals surface area contributed by atoms with Crippen LogP contribution in [-0.4, -0.2) is 10.9 Å². The van der Waals surface area contributed by atoms with Gasteiger partial charge in [0.05, 0.1) is 10.2 Å². The molecule has 0 aliphatic heterocycles. The van der Waals surface area contributed by atoms with Gasteiger partial charge in [0.1, 0.15) is 5.01 Å². The standard InChI is InChI=1S/C19H20N2OS/c1-3-7-13(2)18(22)20-15-9-6-8-14(12-15)19-21-16-10-4-5-11-17(16)23-19/h4-6,8-13H,3,7H2,1-2H3,(H,20,22). The van der Waals surface area contributed by atoms with E-state index >= 15 is 0 Å². The van der Waals surface area contributed by atoms with Gasteiger partial charge in [-0.05, 0) is 30.7 Å². The van der Waals surface area contributed by atoms with E-state index in [1.165, 1.54) is 4.70 Å². The number of aromatic nitrogens is 1. The molecular formula is C19H20N2OS. The minimum atomic E-state index is 0.0334. The first-order chi connectivity index (χ1) is 11.2. The number of rotatable bonds is 5. The van der Waals surface area contributed by atoms with Gasteiger partial charge in [0.25, 0.3) is 0 Å². The summed E-state index contributed by atoms with van der Waals surface area (Å²) in [6.07, 6.45) is 1.92. The Hall–Kier alpha value is -2.20. The molecule has 1 heterocycles. The van der Waals surface area contributed by atoms with E-state index in [-0.39, 0.29) is 11.8 Å². The van der Waals surface area contributed by atoms with Crippen LogP contribution in [0.5, 0.6) is 0 Å². The lowest BCUT2D eigenvalue weighted by Crippen LogP contribution is -2.20. The maximum absolute atomic E-state index is 12.2. The van der Waals surface area contributed by atoms with E-state index in [1.54, 1.807) is 11.3 Å². The summed E-state index contributed by atoms with van der Waals surface area (Å²) in [5, 5.41) is 3.98. The highest BCUT2D eigenvalue weighted by molar-refractivity contribution is 7.21. The summed E-state index contributed by atoms with van der Waals surface area (Å²) in [4.78, 5) is 16.8. The third-order valence-corrected chi connectivity index (χ3v) is 4.93. The molecule has 0 fully saturated rings. The van der Waals surface area contributed by atoms with E-state index in [1.807, 2.05) is 49.4 Å². The fourth-order valence-corrected chi connectivity index (χ4v) is 3.52. The fraction of sp³-hybridized carbons (Fsp3) is 0.263. The molecule has 3 rings (SSSR count). The minimum Gasteiger partial charge on any atom is -0.326 e. The van der Waals surface area contributed by atoms with Crippen molar-refractivity contribution in [2.75, 3.05) is 5.32 Å². The van der Waals surface area contributed by atoms with Crippen LogP contribution in [-0.2, 0) is 4.79 Å². The highest BCUT2D eigenvalue weighted by atomic mass is 32.1. The molecule has 23 heavy (non-hydrogen) atoms. The number of thiazole rings is 1. The molecule has 0 spiro atoms. The third kappa shape index (κ3) is 3.59. The van der Waals surface area contributed by atoms with E-state index in [9.17, 15) is 4.79 Å². The first kappa shape index (κ1) is 15.7. The average Bonchev–Trinajstić information content (AvgIpc) is 2.99. The van der Waals surface area contributed by atoms with E-state index < -0.39 is 0 Å². The van der Waals surface area contributed by atoms with Crippen molar-refractivity contribution in [1.29, 1.82) is 0 Å². The van der Waals surface area contributed by atoms with Gasteiger partial charge in [0, 0.05) is 17.2 Å². The Balaban J connectivity index is 1.83. The molecule has 4 heteroatoms. The highest BCUT2D eigenvalue weighted by Gasteiger charge is 2.12. The second-order valence-corrected chi connectivity index (χ2v) is 6.78. The van der Waals surface area contributed by atoms with Crippen LogP contribution in [0.4, 0.5) is 5.69 Å². The van der Waals surface area contributed by atoms with Crippen LogP contribution in [0.25, 0.3) is 20.8 Å². The Morgan fingerprint density at radius 1 is 1.22 bits per heavy atom. The summed E-state index contributed by atoms with van der Waals surface area (Å²) in [6.45, 7) is 4.06. The minimum absolute atomic E-state index is 0.0334. The number of hydrogen-bond donors (Lipinski definition) is 1. The Kier molecular flexibility index (Phi) is 4.72. The number of anilines is 1. The maximum atomic E-state index is 12.2. The number of para-hydroxylation sites is 1. The predicted molar refractivity (Wildman–Crippen MR) is 97.8 cm³/mol. The Morgan fingerprint density at radius 2 is 2.04 bits per heavy atom. The first-order valence-electron chi connectivity index (χ1n) is 7.94. The number of nitrogens with zero attached hydrogens (tertiary/aromatic N) is 1. The van der Waals surface area contributed by atoms with E-state index in [0.717, 1.165) is 34.6 Å². The number of carbonyl (C=O) groups is 1. The quantitative estimate of drug-likeness (QED) is 0.688. The number of nitrogens with one attached hydrogen (secondary N) is 1. The molecule has 118 valence electrons. The summed E-state index contributed by atoms with van der Waals surface area (Å²) in [6, 6.07) is 16.0. The van der Waals surface area contributed by atoms with Gasteiger partial charge in [-0.25, -0.2) is 4.98 Å². The second kappa shape index (κ2) is 6.92. The summed E-state index contributed by atoms with van der Waals surface area (Å²) >= 11 is 1.67. The Labute approximate surface area is 140 Å². The molecule has 0 radical (unpaired) electrons. The maximum Gasteiger partial charge on any atom is 0.227 e. The molecule has 3 nitrogen and oxygen atoms in total. The predicted octanol–water partition coefficient (Wildman–Crippen LogP) is 5.34. The Bertz CT molecular complexity index is 792. The van der Waals surface area contributed by atoms with Gasteiger partial charge in [0.2, 0.25) is 5.91 Å². The summed E-state index contributed by atoms with van der Waals surface area (Å²) in [7, 11) is 0. The lowest BCUT2D eigenvalue weighted by Gasteiger charge is -2.11. The number of hydrogen-bond acceptors (Lipinski definition) is 3. The fourth-order valence-electron chi connectivity index (χ4n) is 2.56. The van der Waals surface area contributed by atoms with Crippen molar-refractivity contribution in [3.8, 4) is 10.6 Å². The summed E-state index contributed by atoms with van der Waals surface area (Å²) in [5.74, 6) is 0.111. The first-order valence-corrected chi connectivity index (χ1v) is 8.76. The second-order valence-electron chi connectivity index (χ2n) is 5.75. The lowest BCUT2D eigenvalue weighted by molar-refractivity contribution is -0.119. The van der Waals surface area contributed by atoms with Crippen LogP contribution in [0.3, 0.4) is 0 Å². The molecule has 1 amide bonds. The topological polar surface area (TPSA) is 42.0 Å². The van der Waals surface area contributed by atoms with E-state index in [4.69, 9.17) is 0 Å². The average molecular weight is 324 g/mol. The molecule has 0 aliphatic carbocycles. The van der Waals surface area contributed by atoms with Gasteiger partial charge in [0.15, 0.2) is 0 Å². The molecule has 0 aliphatic rings. The summed E-state index contributed by atoms with van der Waals surface area (Å²) in [5.41, 5.74) is 2.88. The molecule has 1 unspecified atom stereocenters. The normalized spacial score (nSPS) is 12.3. The number of fused-ring (bicyclic) bond motifs is 1. The van der Waals surface area contributed by atoms with Crippen LogP contribution in [0.2, 0.25) is 0 Å². The number of benzene rings is 2. The van der Waals surface area contributed by atoms with E-state index in [0.29, 0.717) is 0 Å². The van der Waals surface area contributed by atoms with Crippen LogP contribution in [0, 0.1) is 5.92 Å². The number of amides is 1. The van der Waals surface area contributed by atoms with Crippen molar-refractivity contribution in [1.82, 2.24) is 4.98 Å². The van der Waals surface area contributed by atoms with E-state index in [2.05, 4.69) is 23.3 Å². The molecule has 3 aromatic rings. The van der Waals surface area contributed by atoms with Crippen molar-refractivity contribution >= 4 is 33.1 Å². The van der Waals surface area contributed by atoms with Crippen LogP contribution in [0.1, 0.15) is 26.7 Å². The van der Waals surface area contributed by atoms with Gasteiger partial charge in [-0.15, -0.1) is 11.3 Å². The van der Waals surface area contributed by atoms with Crippen LogP contribution in [0.15, 0.2) is 48.5 Å². The molecule has 1 atom stereocenters. The smallest absolute Gasteiger partial charge is 0.227 e. The SMILES string of the molecule is CCCC(C)C(=O)Nc1cccc(-c2nc3ccccc3s2)c1. The summed E-state index contributed by atoms with van der Waals surface area (Å²) < 4.78 is 1.17. The zero-order valence-corrected chi connectivity index (χ0v) is 14.2. The van der Waals surface area contributed by atoms with Crippen molar-refractivity contribution in [2.45, 2.75) is 26.7 Å². The Morgan fingerprint density at radius 3 is 2.83 bits per heavy atom. The molecule has 2 aromatic carbocycles. The largest absolute Gasteiger partial charge is 0.326 e. The van der Waals surface area contributed by atoms with Crippen molar-refractivity contribution in [2.24, 2.45) is 5.92 Å².